The fraction of sp³-hybridized carbons (Fsp3) is 0.250. The standard InChI is InChI=1S/C16H18BrNO2/c1-12-7-8-15(13(17)11-12)19-9-4-10-20-16-6-3-2-5-14(16)18/h2-3,5-8,11H,4,9-10,18H2,1H3. The third-order valence-corrected chi connectivity index (χ3v) is 3.43. The minimum atomic E-state index is 0.581. The molecule has 0 atom stereocenters. The lowest BCUT2D eigenvalue weighted by Crippen LogP contribution is -2.06. The summed E-state index contributed by atoms with van der Waals surface area (Å²) in [5.74, 6) is 1.58. The van der Waals surface area contributed by atoms with E-state index in [2.05, 4.69) is 15.9 Å². The normalized spacial score (nSPS) is 10.3. The van der Waals surface area contributed by atoms with Crippen LogP contribution in [0.4, 0.5) is 5.69 Å². The quantitative estimate of drug-likeness (QED) is 0.635. The molecule has 2 N–H and O–H groups in total. The number of ether oxygens (including phenoxy) is 2. The highest BCUT2D eigenvalue weighted by Crippen LogP contribution is 2.26. The molecule has 0 heterocycles. The van der Waals surface area contributed by atoms with E-state index in [1.165, 1.54) is 5.56 Å². The molecule has 0 spiro atoms. The average Bonchev–Trinajstić information content (AvgIpc) is 2.42. The topological polar surface area (TPSA) is 44.5 Å². The molecule has 0 bridgehead atoms. The van der Waals surface area contributed by atoms with Gasteiger partial charge < -0.3 is 15.2 Å². The smallest absolute Gasteiger partial charge is 0.142 e. The van der Waals surface area contributed by atoms with E-state index in [4.69, 9.17) is 15.2 Å². The number of anilines is 1. The largest absolute Gasteiger partial charge is 0.492 e. The summed E-state index contributed by atoms with van der Waals surface area (Å²) in [5.41, 5.74) is 7.66. The van der Waals surface area contributed by atoms with Crippen molar-refractivity contribution in [1.82, 2.24) is 0 Å². The number of hydrogen-bond donors (Lipinski definition) is 1. The Morgan fingerprint density at radius 1 is 1.00 bits per heavy atom. The summed E-state index contributed by atoms with van der Waals surface area (Å²) >= 11 is 3.49. The summed E-state index contributed by atoms with van der Waals surface area (Å²) in [7, 11) is 0. The molecule has 106 valence electrons. The van der Waals surface area contributed by atoms with Gasteiger partial charge in [-0.15, -0.1) is 0 Å². The van der Waals surface area contributed by atoms with Gasteiger partial charge in [0.25, 0.3) is 0 Å². The van der Waals surface area contributed by atoms with E-state index >= 15 is 0 Å². The van der Waals surface area contributed by atoms with Crippen LogP contribution in [0.5, 0.6) is 11.5 Å². The first-order valence-corrected chi connectivity index (χ1v) is 7.32. The summed E-state index contributed by atoms with van der Waals surface area (Å²) in [4.78, 5) is 0. The molecular weight excluding hydrogens is 318 g/mol. The van der Waals surface area contributed by atoms with E-state index in [9.17, 15) is 0 Å². The van der Waals surface area contributed by atoms with E-state index in [0.717, 1.165) is 22.4 Å². The van der Waals surface area contributed by atoms with Crippen LogP contribution < -0.4 is 15.2 Å². The van der Waals surface area contributed by atoms with Crippen LogP contribution in [0.1, 0.15) is 12.0 Å². The van der Waals surface area contributed by atoms with Gasteiger partial charge in [-0.3, -0.25) is 0 Å². The van der Waals surface area contributed by atoms with Crippen LogP contribution in [0.3, 0.4) is 0 Å². The van der Waals surface area contributed by atoms with Gasteiger partial charge in [0.15, 0.2) is 0 Å². The minimum absolute atomic E-state index is 0.581. The van der Waals surface area contributed by atoms with Crippen molar-refractivity contribution in [2.45, 2.75) is 13.3 Å². The van der Waals surface area contributed by atoms with Crippen molar-refractivity contribution in [3.63, 3.8) is 0 Å². The Bertz CT molecular complexity index is 572. The summed E-state index contributed by atoms with van der Waals surface area (Å²) < 4.78 is 12.3. The van der Waals surface area contributed by atoms with Gasteiger partial charge in [-0.05, 0) is 52.7 Å². The van der Waals surface area contributed by atoms with Crippen molar-refractivity contribution >= 4 is 21.6 Å². The Balaban J connectivity index is 1.73. The lowest BCUT2D eigenvalue weighted by molar-refractivity contribution is 0.247. The average molecular weight is 336 g/mol. The van der Waals surface area contributed by atoms with Gasteiger partial charge in [0.1, 0.15) is 11.5 Å². The molecule has 0 saturated heterocycles. The zero-order valence-electron chi connectivity index (χ0n) is 11.4. The van der Waals surface area contributed by atoms with Gasteiger partial charge >= 0.3 is 0 Å². The summed E-state index contributed by atoms with van der Waals surface area (Å²) in [6.07, 6.45) is 0.800. The van der Waals surface area contributed by atoms with Crippen LogP contribution in [0.2, 0.25) is 0 Å². The fourth-order valence-electron chi connectivity index (χ4n) is 1.76. The molecule has 2 rings (SSSR count). The number of rotatable bonds is 6. The van der Waals surface area contributed by atoms with Crippen LogP contribution in [-0.2, 0) is 0 Å². The molecule has 0 aliphatic heterocycles. The molecule has 0 saturated carbocycles. The predicted octanol–water partition coefficient (Wildman–Crippen LogP) is 4.19. The zero-order chi connectivity index (χ0) is 14.4. The van der Waals surface area contributed by atoms with E-state index in [-0.39, 0.29) is 0 Å². The SMILES string of the molecule is Cc1ccc(OCCCOc2ccccc2N)c(Br)c1. The summed E-state index contributed by atoms with van der Waals surface area (Å²) in [6, 6.07) is 13.5. The third-order valence-electron chi connectivity index (χ3n) is 2.81. The second kappa shape index (κ2) is 7.20. The molecule has 0 aliphatic rings. The van der Waals surface area contributed by atoms with Gasteiger partial charge in [0.05, 0.1) is 23.4 Å². The number of hydrogen-bond acceptors (Lipinski definition) is 3. The minimum Gasteiger partial charge on any atom is -0.492 e. The lowest BCUT2D eigenvalue weighted by atomic mass is 10.2. The zero-order valence-corrected chi connectivity index (χ0v) is 13.0. The number of para-hydroxylation sites is 2. The Morgan fingerprint density at radius 2 is 1.70 bits per heavy atom. The van der Waals surface area contributed by atoms with Crippen molar-refractivity contribution in [1.29, 1.82) is 0 Å². The Labute approximate surface area is 127 Å². The fourth-order valence-corrected chi connectivity index (χ4v) is 2.37. The molecule has 20 heavy (non-hydrogen) atoms. The van der Waals surface area contributed by atoms with E-state index < -0.39 is 0 Å². The van der Waals surface area contributed by atoms with E-state index in [1.807, 2.05) is 49.4 Å². The molecule has 0 fully saturated rings. The van der Waals surface area contributed by atoms with Gasteiger partial charge in [-0.2, -0.15) is 0 Å². The van der Waals surface area contributed by atoms with Gasteiger partial charge in [0.2, 0.25) is 0 Å². The van der Waals surface area contributed by atoms with E-state index in [1.54, 1.807) is 0 Å². The molecule has 0 aromatic heterocycles. The highest BCUT2D eigenvalue weighted by Gasteiger charge is 2.02. The van der Waals surface area contributed by atoms with Crippen LogP contribution in [0.25, 0.3) is 0 Å². The first-order valence-electron chi connectivity index (χ1n) is 6.53. The molecule has 4 heteroatoms. The van der Waals surface area contributed by atoms with Crippen molar-refractivity contribution < 1.29 is 9.47 Å². The molecule has 2 aromatic rings. The molecule has 2 aromatic carbocycles. The van der Waals surface area contributed by atoms with E-state index in [0.29, 0.717) is 18.9 Å². The van der Waals surface area contributed by atoms with Crippen molar-refractivity contribution in [2.24, 2.45) is 0 Å². The molecule has 0 radical (unpaired) electrons. The first kappa shape index (κ1) is 14.7. The summed E-state index contributed by atoms with van der Waals surface area (Å²) in [5, 5.41) is 0. The number of halogens is 1. The van der Waals surface area contributed by atoms with Crippen molar-refractivity contribution in [2.75, 3.05) is 18.9 Å². The second-order valence-electron chi connectivity index (χ2n) is 4.52. The molecular formula is C16H18BrNO2. The number of benzene rings is 2. The highest BCUT2D eigenvalue weighted by molar-refractivity contribution is 9.10. The van der Waals surface area contributed by atoms with Gasteiger partial charge in [-0.25, -0.2) is 0 Å². The number of nitrogen functional groups attached to an aromatic ring is 1. The van der Waals surface area contributed by atoms with Crippen LogP contribution in [-0.4, -0.2) is 13.2 Å². The lowest BCUT2D eigenvalue weighted by Gasteiger charge is -2.10. The predicted molar refractivity (Wildman–Crippen MR) is 85.3 cm³/mol. The monoisotopic (exact) mass is 335 g/mol. The number of aryl methyl sites for hydroxylation is 1. The summed E-state index contributed by atoms with van der Waals surface area (Å²) in [6.45, 7) is 3.23. The maximum absolute atomic E-state index is 5.80. The maximum atomic E-state index is 5.80. The molecule has 0 aliphatic carbocycles. The first-order chi connectivity index (χ1) is 9.66. The van der Waals surface area contributed by atoms with Crippen molar-refractivity contribution in [3.8, 4) is 11.5 Å². The highest BCUT2D eigenvalue weighted by atomic mass is 79.9. The van der Waals surface area contributed by atoms with Crippen LogP contribution >= 0.6 is 15.9 Å². The molecule has 0 amide bonds. The van der Waals surface area contributed by atoms with Crippen molar-refractivity contribution in [3.05, 3.63) is 52.5 Å². The Hall–Kier alpha value is -1.68. The Kier molecular flexibility index (Phi) is 5.30. The van der Waals surface area contributed by atoms with Gasteiger partial charge in [0, 0.05) is 6.42 Å². The second-order valence-corrected chi connectivity index (χ2v) is 5.38. The maximum Gasteiger partial charge on any atom is 0.142 e. The van der Waals surface area contributed by atoms with Crippen LogP contribution in [0, 0.1) is 6.92 Å². The van der Waals surface area contributed by atoms with Gasteiger partial charge in [-0.1, -0.05) is 18.2 Å². The number of nitrogens with two attached hydrogens (primary N) is 1. The van der Waals surface area contributed by atoms with Crippen LogP contribution in [0.15, 0.2) is 46.9 Å². The molecule has 0 unspecified atom stereocenters. The third kappa shape index (κ3) is 4.17. The molecule has 3 nitrogen and oxygen atoms in total. The Morgan fingerprint density at radius 3 is 2.40 bits per heavy atom.